The molecule has 1 aromatic carbocycles. The molecule has 2 aromatic heterocycles. The normalized spacial score (nSPS) is 10.7. The molecule has 3 aromatic rings. The molecule has 0 amide bonds. The minimum atomic E-state index is 0.534. The first-order chi connectivity index (χ1) is 8.84. The summed E-state index contributed by atoms with van der Waals surface area (Å²) in [4.78, 5) is 3.99. The Hall–Kier alpha value is -2.29. The Bertz CT molecular complexity index is 659. The van der Waals surface area contributed by atoms with Gasteiger partial charge in [-0.1, -0.05) is 6.07 Å². The first kappa shape index (κ1) is 10.8. The highest BCUT2D eigenvalue weighted by atomic mass is 16.5. The Morgan fingerprint density at radius 1 is 1.17 bits per heavy atom. The molecule has 0 fully saturated rings. The maximum atomic E-state index is 5.86. The number of nitrogens with zero attached hydrogens (tertiary/aromatic N) is 1. The third-order valence-corrected chi connectivity index (χ3v) is 2.89. The predicted molar refractivity (Wildman–Crippen MR) is 69.5 cm³/mol. The molecule has 0 radical (unpaired) electrons. The molecular weight excluding hydrogens is 226 g/mol. The second-order valence-electron chi connectivity index (χ2n) is 4.19. The van der Waals surface area contributed by atoms with Crippen molar-refractivity contribution in [2.24, 2.45) is 0 Å². The van der Waals surface area contributed by atoms with E-state index < -0.39 is 0 Å². The molecular formula is C15H13NO2. The molecule has 0 bridgehead atoms. The highest BCUT2D eigenvalue weighted by Crippen LogP contribution is 2.30. The smallest absolute Gasteiger partial charge is 0.137 e. The fourth-order valence-electron chi connectivity index (χ4n) is 1.97. The van der Waals surface area contributed by atoms with Crippen LogP contribution >= 0.6 is 0 Å². The number of ether oxygens (including phenoxy) is 1. The molecule has 0 saturated carbocycles. The highest BCUT2D eigenvalue weighted by molar-refractivity contribution is 5.87. The summed E-state index contributed by atoms with van der Waals surface area (Å²) in [5, 5.41) is 1.05. The fraction of sp³-hybridized carbons (Fsp3) is 0.133. The Morgan fingerprint density at radius 3 is 2.83 bits per heavy atom. The lowest BCUT2D eigenvalue weighted by atomic mass is 10.2. The summed E-state index contributed by atoms with van der Waals surface area (Å²) in [6.45, 7) is 2.55. The number of rotatable bonds is 3. The van der Waals surface area contributed by atoms with Crippen molar-refractivity contribution in [3.8, 4) is 5.75 Å². The number of furan rings is 1. The Morgan fingerprint density at radius 2 is 2.00 bits per heavy atom. The van der Waals surface area contributed by atoms with Crippen molar-refractivity contribution in [2.75, 3.05) is 0 Å². The van der Waals surface area contributed by atoms with Crippen molar-refractivity contribution in [1.29, 1.82) is 0 Å². The zero-order valence-corrected chi connectivity index (χ0v) is 10.1. The van der Waals surface area contributed by atoms with Crippen LogP contribution in [0, 0.1) is 6.92 Å². The van der Waals surface area contributed by atoms with Crippen molar-refractivity contribution < 1.29 is 9.15 Å². The van der Waals surface area contributed by atoms with Gasteiger partial charge in [-0.25, -0.2) is 0 Å². The van der Waals surface area contributed by atoms with Gasteiger partial charge >= 0.3 is 0 Å². The first-order valence-electron chi connectivity index (χ1n) is 5.83. The van der Waals surface area contributed by atoms with Crippen LogP contribution in [-0.2, 0) is 6.61 Å². The largest absolute Gasteiger partial charge is 0.488 e. The molecule has 2 heterocycles. The number of aryl methyl sites for hydroxylation is 1. The van der Waals surface area contributed by atoms with Gasteiger partial charge in [0.25, 0.3) is 0 Å². The van der Waals surface area contributed by atoms with Gasteiger partial charge in [-0.2, -0.15) is 0 Å². The summed E-state index contributed by atoms with van der Waals surface area (Å²) in [5.41, 5.74) is 3.05. The van der Waals surface area contributed by atoms with Crippen LogP contribution < -0.4 is 4.74 Å². The third kappa shape index (κ3) is 1.95. The predicted octanol–water partition coefficient (Wildman–Crippen LogP) is 3.72. The Labute approximate surface area is 105 Å². The molecule has 0 aliphatic carbocycles. The minimum Gasteiger partial charge on any atom is -0.488 e. The number of benzene rings is 1. The second-order valence-corrected chi connectivity index (χ2v) is 4.19. The number of pyridine rings is 1. The molecule has 0 N–H and O–H groups in total. The summed E-state index contributed by atoms with van der Waals surface area (Å²) in [6.07, 6.45) is 5.29. The van der Waals surface area contributed by atoms with Crippen LogP contribution in [0.3, 0.4) is 0 Å². The zero-order valence-electron chi connectivity index (χ0n) is 10.1. The quantitative estimate of drug-likeness (QED) is 0.698. The summed E-state index contributed by atoms with van der Waals surface area (Å²) in [6, 6.07) is 9.74. The first-order valence-corrected chi connectivity index (χ1v) is 5.83. The van der Waals surface area contributed by atoms with Gasteiger partial charge in [0.05, 0.1) is 11.6 Å². The van der Waals surface area contributed by atoms with Gasteiger partial charge in [0.2, 0.25) is 0 Å². The molecule has 0 aliphatic heterocycles. The van der Waals surface area contributed by atoms with E-state index in [4.69, 9.17) is 9.15 Å². The van der Waals surface area contributed by atoms with E-state index in [2.05, 4.69) is 4.98 Å². The summed E-state index contributed by atoms with van der Waals surface area (Å²) >= 11 is 0. The molecule has 3 heteroatoms. The van der Waals surface area contributed by atoms with E-state index in [0.29, 0.717) is 6.61 Å². The van der Waals surface area contributed by atoms with Gasteiger partial charge in [0.15, 0.2) is 0 Å². The highest BCUT2D eigenvalue weighted by Gasteiger charge is 2.08. The van der Waals surface area contributed by atoms with Crippen LogP contribution in [0.5, 0.6) is 5.75 Å². The third-order valence-electron chi connectivity index (χ3n) is 2.89. The van der Waals surface area contributed by atoms with Crippen LogP contribution in [0.2, 0.25) is 0 Å². The monoisotopic (exact) mass is 239 g/mol. The maximum Gasteiger partial charge on any atom is 0.137 e. The van der Waals surface area contributed by atoms with E-state index in [1.165, 1.54) is 0 Å². The molecule has 0 aliphatic rings. The second kappa shape index (κ2) is 4.53. The summed E-state index contributed by atoms with van der Waals surface area (Å²) < 4.78 is 11.3. The molecule has 0 saturated heterocycles. The van der Waals surface area contributed by atoms with E-state index in [-0.39, 0.29) is 0 Å². The summed E-state index contributed by atoms with van der Waals surface area (Å²) in [5.74, 6) is 0.857. The van der Waals surface area contributed by atoms with Crippen LogP contribution in [0.15, 0.2) is 53.4 Å². The van der Waals surface area contributed by atoms with E-state index in [1.54, 1.807) is 18.7 Å². The van der Waals surface area contributed by atoms with Crippen LogP contribution in [0.25, 0.3) is 11.0 Å². The van der Waals surface area contributed by atoms with E-state index >= 15 is 0 Å². The van der Waals surface area contributed by atoms with E-state index in [0.717, 1.165) is 27.8 Å². The van der Waals surface area contributed by atoms with Crippen molar-refractivity contribution in [3.05, 3.63) is 60.1 Å². The molecule has 0 atom stereocenters. The minimum absolute atomic E-state index is 0.534. The average Bonchev–Trinajstić information content (AvgIpc) is 2.80. The van der Waals surface area contributed by atoms with Crippen LogP contribution in [-0.4, -0.2) is 4.98 Å². The number of aromatic nitrogens is 1. The molecule has 3 rings (SSSR count). The summed E-state index contributed by atoms with van der Waals surface area (Å²) in [7, 11) is 0. The van der Waals surface area contributed by atoms with E-state index in [9.17, 15) is 0 Å². The lowest BCUT2D eigenvalue weighted by Gasteiger charge is -2.07. The topological polar surface area (TPSA) is 35.3 Å². The number of hydrogen-bond donors (Lipinski definition) is 0. The number of hydrogen-bond acceptors (Lipinski definition) is 3. The molecule has 0 spiro atoms. The number of fused-ring (bicyclic) bond motifs is 1. The van der Waals surface area contributed by atoms with Gasteiger partial charge in [0.1, 0.15) is 17.9 Å². The van der Waals surface area contributed by atoms with Gasteiger partial charge in [-0.05, 0) is 42.3 Å². The SMILES string of the molecule is Cc1coc2cccc(OCc3ccncc3)c12. The lowest BCUT2D eigenvalue weighted by Crippen LogP contribution is -1.95. The van der Waals surface area contributed by atoms with Crippen LogP contribution in [0.4, 0.5) is 0 Å². The standard InChI is InChI=1S/C15H13NO2/c1-11-9-17-13-3-2-4-14(15(11)13)18-10-12-5-7-16-8-6-12/h2-9H,10H2,1H3. The zero-order chi connectivity index (χ0) is 12.4. The van der Waals surface area contributed by atoms with E-state index in [1.807, 2.05) is 37.3 Å². The Balaban J connectivity index is 1.89. The van der Waals surface area contributed by atoms with Crippen molar-refractivity contribution >= 4 is 11.0 Å². The maximum absolute atomic E-state index is 5.86. The molecule has 90 valence electrons. The van der Waals surface area contributed by atoms with Gasteiger partial charge in [-0.3, -0.25) is 4.98 Å². The van der Waals surface area contributed by atoms with Crippen LogP contribution in [0.1, 0.15) is 11.1 Å². The fourth-order valence-corrected chi connectivity index (χ4v) is 1.97. The van der Waals surface area contributed by atoms with Gasteiger partial charge in [-0.15, -0.1) is 0 Å². The van der Waals surface area contributed by atoms with Crippen molar-refractivity contribution in [3.63, 3.8) is 0 Å². The molecule has 0 unspecified atom stereocenters. The molecule has 3 nitrogen and oxygen atoms in total. The Kier molecular flexibility index (Phi) is 2.73. The van der Waals surface area contributed by atoms with Gasteiger partial charge < -0.3 is 9.15 Å². The van der Waals surface area contributed by atoms with Gasteiger partial charge in [0, 0.05) is 12.4 Å². The van der Waals surface area contributed by atoms with Crippen molar-refractivity contribution in [1.82, 2.24) is 4.98 Å². The average molecular weight is 239 g/mol. The van der Waals surface area contributed by atoms with Crippen molar-refractivity contribution in [2.45, 2.75) is 13.5 Å². The lowest BCUT2D eigenvalue weighted by molar-refractivity contribution is 0.310. The molecule has 18 heavy (non-hydrogen) atoms.